The average molecular weight is 413 g/mol. The summed E-state index contributed by atoms with van der Waals surface area (Å²) in [5.74, 6) is -0.278. The highest BCUT2D eigenvalue weighted by atomic mass is 19.1. The van der Waals surface area contributed by atoms with Gasteiger partial charge in [-0.15, -0.1) is 5.10 Å². The number of anilines is 2. The molecule has 0 radical (unpaired) electrons. The molecule has 2 aliphatic heterocycles. The van der Waals surface area contributed by atoms with Crippen molar-refractivity contribution in [1.82, 2.24) is 24.9 Å². The van der Waals surface area contributed by atoms with Crippen LogP contribution in [0.3, 0.4) is 0 Å². The van der Waals surface area contributed by atoms with E-state index < -0.39 is 18.0 Å². The van der Waals surface area contributed by atoms with E-state index in [1.54, 1.807) is 17.2 Å². The molecule has 1 unspecified atom stereocenters. The van der Waals surface area contributed by atoms with E-state index in [0.717, 1.165) is 0 Å². The first kappa shape index (κ1) is 18.7. The minimum absolute atomic E-state index is 0.0765. The zero-order chi connectivity index (χ0) is 21.0. The fourth-order valence-electron chi connectivity index (χ4n) is 4.35. The van der Waals surface area contributed by atoms with E-state index in [1.807, 2.05) is 6.92 Å². The van der Waals surface area contributed by atoms with Gasteiger partial charge >= 0.3 is 0 Å². The van der Waals surface area contributed by atoms with Gasteiger partial charge in [0.2, 0.25) is 0 Å². The molecule has 0 aliphatic carbocycles. The Hall–Kier alpha value is -3.30. The number of nitrogens with one attached hydrogen (secondary N) is 1. The van der Waals surface area contributed by atoms with Crippen LogP contribution in [0.5, 0.6) is 0 Å². The fraction of sp³-hybridized carbons (Fsp3) is 0.400. The molecule has 8 nitrogen and oxygen atoms in total. The smallest absolute Gasteiger partial charge is 0.259 e. The second-order valence-electron chi connectivity index (χ2n) is 7.92. The van der Waals surface area contributed by atoms with Crippen LogP contribution < -0.4 is 16.0 Å². The number of carbonyl (C=O) groups is 1. The van der Waals surface area contributed by atoms with E-state index in [9.17, 15) is 13.6 Å². The third-order valence-electron chi connectivity index (χ3n) is 5.79. The summed E-state index contributed by atoms with van der Waals surface area (Å²) in [7, 11) is 0. The second-order valence-corrected chi connectivity index (χ2v) is 7.92. The van der Waals surface area contributed by atoms with Gasteiger partial charge in [0, 0.05) is 24.4 Å². The van der Waals surface area contributed by atoms with E-state index in [1.165, 1.54) is 16.8 Å². The maximum Gasteiger partial charge on any atom is 0.259 e. The number of rotatable bonds is 0. The Morgan fingerprint density at radius 2 is 2.20 bits per heavy atom. The Balaban J connectivity index is 1.72. The third-order valence-corrected chi connectivity index (χ3v) is 5.79. The highest BCUT2D eigenvalue weighted by molar-refractivity contribution is 6.04. The van der Waals surface area contributed by atoms with Crippen LogP contribution >= 0.6 is 0 Å². The molecule has 3 atom stereocenters. The maximum atomic E-state index is 14.5. The number of halogens is 2. The van der Waals surface area contributed by atoms with Crippen LogP contribution in [0.4, 0.5) is 20.4 Å². The molecule has 30 heavy (non-hydrogen) atoms. The lowest BCUT2D eigenvalue weighted by molar-refractivity contribution is 0.0940. The van der Waals surface area contributed by atoms with Crippen molar-refractivity contribution in [2.75, 3.05) is 17.2 Å². The molecule has 2 bridgehead atoms. The van der Waals surface area contributed by atoms with Gasteiger partial charge in [-0.05, 0) is 37.5 Å². The first-order valence-electron chi connectivity index (χ1n) is 9.91. The average Bonchev–Trinajstić information content (AvgIpc) is 3.24. The summed E-state index contributed by atoms with van der Waals surface area (Å²) in [5, 5.41) is 7.10. The molecule has 1 fully saturated rings. The molecule has 0 spiro atoms. The Bertz CT molecular complexity index is 1150. The summed E-state index contributed by atoms with van der Waals surface area (Å²) in [6.07, 6.45) is 3.04. The van der Waals surface area contributed by atoms with Gasteiger partial charge in [0.25, 0.3) is 5.91 Å². The zero-order valence-corrected chi connectivity index (χ0v) is 16.3. The highest BCUT2D eigenvalue weighted by Crippen LogP contribution is 2.38. The van der Waals surface area contributed by atoms with E-state index in [2.05, 4.69) is 20.4 Å². The van der Waals surface area contributed by atoms with Crippen molar-refractivity contribution in [2.45, 2.75) is 44.4 Å². The first-order valence-corrected chi connectivity index (χ1v) is 9.91. The fourth-order valence-corrected chi connectivity index (χ4v) is 4.35. The molecule has 3 aromatic heterocycles. The largest absolute Gasteiger partial charge is 0.381 e. The van der Waals surface area contributed by atoms with E-state index >= 15 is 0 Å². The molecule has 3 aromatic rings. The number of nitrogens with two attached hydrogens (primary N) is 1. The van der Waals surface area contributed by atoms with Crippen molar-refractivity contribution in [3.05, 3.63) is 47.2 Å². The number of hydrogen-bond donors (Lipinski definition) is 2. The number of pyridine rings is 1. The lowest BCUT2D eigenvalue weighted by atomic mass is 9.98. The molecule has 3 N–H and O–H groups in total. The van der Waals surface area contributed by atoms with Gasteiger partial charge in [0.1, 0.15) is 23.4 Å². The van der Waals surface area contributed by atoms with Crippen LogP contribution in [-0.4, -0.2) is 44.2 Å². The summed E-state index contributed by atoms with van der Waals surface area (Å²) >= 11 is 0. The summed E-state index contributed by atoms with van der Waals surface area (Å²) in [4.78, 5) is 23.6. The highest BCUT2D eigenvalue weighted by Gasteiger charge is 2.36. The lowest BCUT2D eigenvalue weighted by Gasteiger charge is -2.27. The normalized spacial score (nSPS) is 24.0. The number of aryl methyl sites for hydroxylation is 1. The topological polar surface area (TPSA) is 101 Å². The molecule has 1 amide bonds. The monoisotopic (exact) mass is 413 g/mol. The Morgan fingerprint density at radius 3 is 3.03 bits per heavy atom. The first-order chi connectivity index (χ1) is 14.4. The van der Waals surface area contributed by atoms with Gasteiger partial charge < -0.3 is 16.0 Å². The summed E-state index contributed by atoms with van der Waals surface area (Å²) in [6.45, 7) is 1.99. The van der Waals surface area contributed by atoms with Crippen molar-refractivity contribution in [2.24, 2.45) is 0 Å². The van der Waals surface area contributed by atoms with Gasteiger partial charge in [-0.25, -0.2) is 18.3 Å². The quantitative estimate of drug-likeness (QED) is 0.586. The standard InChI is InChI=1S/C20H21F2N7O/c1-10-2-3-14-13(6-11(21)8-24-14)15-7-12(22)9-28(15)16-4-5-29-19(26-16)17(18(23)27-29)20(30)25-10/h4-6,8,10,12,15H,2-3,7,9H2,1H3,(H2,23,27)(H,25,30)/t10-,12+,15?/m1/s1. The Labute approximate surface area is 171 Å². The zero-order valence-electron chi connectivity index (χ0n) is 16.3. The van der Waals surface area contributed by atoms with Crippen molar-refractivity contribution < 1.29 is 13.6 Å². The van der Waals surface area contributed by atoms with Crippen LogP contribution in [0.25, 0.3) is 5.65 Å². The van der Waals surface area contributed by atoms with Crippen LogP contribution in [0.2, 0.25) is 0 Å². The molecule has 2 aliphatic rings. The number of nitrogens with zero attached hydrogens (tertiary/aromatic N) is 5. The number of alkyl halides is 1. The molecular weight excluding hydrogens is 392 g/mol. The van der Waals surface area contributed by atoms with Crippen LogP contribution in [0.15, 0.2) is 24.5 Å². The van der Waals surface area contributed by atoms with E-state index in [0.29, 0.717) is 35.6 Å². The summed E-state index contributed by atoms with van der Waals surface area (Å²) < 4.78 is 30.1. The number of nitrogen functional groups attached to an aromatic ring is 1. The predicted octanol–water partition coefficient (Wildman–Crippen LogP) is 2.20. The number of hydrogen-bond acceptors (Lipinski definition) is 6. The summed E-state index contributed by atoms with van der Waals surface area (Å²) in [5.41, 5.74) is 7.84. The van der Waals surface area contributed by atoms with Crippen molar-refractivity contribution in [3.63, 3.8) is 0 Å². The minimum Gasteiger partial charge on any atom is -0.381 e. The number of amides is 1. The molecule has 5 rings (SSSR count). The van der Waals surface area contributed by atoms with Gasteiger partial charge in [-0.3, -0.25) is 9.78 Å². The third kappa shape index (κ3) is 3.03. The van der Waals surface area contributed by atoms with Crippen LogP contribution in [0, 0.1) is 5.82 Å². The van der Waals surface area contributed by atoms with E-state index in [-0.39, 0.29) is 36.3 Å². The SMILES string of the molecule is C[C@@H]1CCc2ncc(F)cc2C2C[C@H](F)CN2c2ccn3nc(N)c(c3n2)C(=O)N1. The molecule has 1 saturated heterocycles. The number of aromatic nitrogens is 4. The molecule has 0 saturated carbocycles. The van der Waals surface area contributed by atoms with E-state index in [4.69, 9.17) is 5.73 Å². The van der Waals surface area contributed by atoms with Gasteiger partial charge in [-0.1, -0.05) is 0 Å². The maximum absolute atomic E-state index is 14.5. The van der Waals surface area contributed by atoms with Gasteiger partial charge in [-0.2, -0.15) is 0 Å². The Morgan fingerprint density at radius 1 is 1.37 bits per heavy atom. The lowest BCUT2D eigenvalue weighted by Crippen LogP contribution is -2.33. The molecule has 156 valence electrons. The number of fused-ring (bicyclic) bond motifs is 5. The van der Waals surface area contributed by atoms with Gasteiger partial charge in [0.15, 0.2) is 11.5 Å². The number of carbonyl (C=O) groups excluding carboxylic acids is 1. The second kappa shape index (κ2) is 6.89. The van der Waals surface area contributed by atoms with Gasteiger partial charge in [0.05, 0.1) is 18.8 Å². The minimum atomic E-state index is -1.09. The summed E-state index contributed by atoms with van der Waals surface area (Å²) in [6, 6.07) is 2.53. The molecule has 0 aromatic carbocycles. The molecule has 10 heteroatoms. The van der Waals surface area contributed by atoms with Crippen LogP contribution in [-0.2, 0) is 6.42 Å². The van der Waals surface area contributed by atoms with Crippen LogP contribution in [0.1, 0.15) is 47.4 Å². The van der Waals surface area contributed by atoms with Crippen molar-refractivity contribution >= 4 is 23.2 Å². The van der Waals surface area contributed by atoms with Crippen molar-refractivity contribution in [1.29, 1.82) is 0 Å². The molecule has 5 heterocycles. The predicted molar refractivity (Wildman–Crippen MR) is 106 cm³/mol. The Kier molecular flexibility index (Phi) is 4.30. The molecular formula is C20H21F2N7O. The van der Waals surface area contributed by atoms with Crippen molar-refractivity contribution in [3.8, 4) is 0 Å².